The van der Waals surface area contributed by atoms with Crippen molar-refractivity contribution >= 4 is 0 Å². The first kappa shape index (κ1) is 14.3. The molecular weight excluding hydrogens is 241 g/mol. The molecule has 0 aromatic heterocycles. The Morgan fingerprint density at radius 2 is 2.05 bits per heavy atom. The molecule has 0 bridgehead atoms. The highest BCUT2D eigenvalue weighted by atomic mass is 19.1. The van der Waals surface area contributed by atoms with Crippen LogP contribution in [0.15, 0.2) is 18.2 Å². The Morgan fingerprint density at radius 3 is 2.68 bits per heavy atom. The quantitative estimate of drug-likeness (QED) is 0.877. The van der Waals surface area contributed by atoms with Crippen LogP contribution in [-0.4, -0.2) is 19.7 Å². The topological polar surface area (TPSA) is 21.3 Å². The molecule has 3 heteroatoms. The average molecular weight is 265 g/mol. The van der Waals surface area contributed by atoms with Crippen LogP contribution in [0.2, 0.25) is 0 Å². The minimum atomic E-state index is -0.198. The molecule has 2 nitrogen and oxygen atoms in total. The third-order valence-electron chi connectivity index (χ3n) is 4.16. The number of benzene rings is 1. The molecule has 0 aliphatic heterocycles. The van der Waals surface area contributed by atoms with Crippen LogP contribution in [0.3, 0.4) is 0 Å². The van der Waals surface area contributed by atoms with Crippen LogP contribution in [0, 0.1) is 18.7 Å². The van der Waals surface area contributed by atoms with E-state index in [1.807, 2.05) is 13.1 Å². The molecule has 1 aliphatic carbocycles. The van der Waals surface area contributed by atoms with Gasteiger partial charge in [0.05, 0.1) is 0 Å². The standard InChI is InChI=1S/C16H24FNO/c1-12-8-9-14(10-15(12)17)19-11-16(18-2)13-6-4-3-5-7-13/h8-10,13,16,18H,3-7,11H2,1-2H3. The highest BCUT2D eigenvalue weighted by Gasteiger charge is 2.22. The SMILES string of the molecule is CNC(COc1ccc(C)c(F)c1)C1CCCCC1. The molecule has 0 saturated heterocycles. The van der Waals surface area contributed by atoms with Crippen LogP contribution in [0.4, 0.5) is 4.39 Å². The Morgan fingerprint density at radius 1 is 1.32 bits per heavy atom. The van der Waals surface area contributed by atoms with Crippen molar-refractivity contribution in [2.24, 2.45) is 5.92 Å². The lowest BCUT2D eigenvalue weighted by Gasteiger charge is -2.29. The summed E-state index contributed by atoms with van der Waals surface area (Å²) in [5, 5.41) is 3.35. The van der Waals surface area contributed by atoms with E-state index >= 15 is 0 Å². The van der Waals surface area contributed by atoms with Crippen molar-refractivity contribution in [3.05, 3.63) is 29.6 Å². The molecule has 1 fully saturated rings. The van der Waals surface area contributed by atoms with Gasteiger partial charge in [0, 0.05) is 12.1 Å². The predicted octanol–water partition coefficient (Wildman–Crippen LogP) is 3.68. The molecule has 1 aromatic rings. The number of hydrogen-bond acceptors (Lipinski definition) is 2. The van der Waals surface area contributed by atoms with Crippen LogP contribution in [0.25, 0.3) is 0 Å². The Labute approximate surface area is 115 Å². The maximum absolute atomic E-state index is 13.4. The van der Waals surface area contributed by atoms with E-state index in [0.29, 0.717) is 29.9 Å². The molecule has 106 valence electrons. The van der Waals surface area contributed by atoms with Gasteiger partial charge in [-0.05, 0) is 44.4 Å². The Balaban J connectivity index is 1.89. The van der Waals surface area contributed by atoms with Crippen LogP contribution >= 0.6 is 0 Å². The van der Waals surface area contributed by atoms with Gasteiger partial charge in [-0.15, -0.1) is 0 Å². The van der Waals surface area contributed by atoms with Crippen molar-refractivity contribution in [2.75, 3.05) is 13.7 Å². The third-order valence-corrected chi connectivity index (χ3v) is 4.16. The second-order valence-corrected chi connectivity index (χ2v) is 5.52. The van der Waals surface area contributed by atoms with Gasteiger partial charge in [-0.3, -0.25) is 0 Å². The second-order valence-electron chi connectivity index (χ2n) is 5.52. The molecule has 0 spiro atoms. The Bertz CT molecular complexity index is 402. The summed E-state index contributed by atoms with van der Waals surface area (Å²) in [7, 11) is 1.98. The van der Waals surface area contributed by atoms with Gasteiger partial charge in [-0.25, -0.2) is 4.39 Å². The Hall–Kier alpha value is -1.09. The van der Waals surface area contributed by atoms with Crippen molar-refractivity contribution in [3.63, 3.8) is 0 Å². The summed E-state index contributed by atoms with van der Waals surface area (Å²) < 4.78 is 19.2. The van der Waals surface area contributed by atoms with Gasteiger partial charge in [0.1, 0.15) is 18.2 Å². The summed E-state index contributed by atoms with van der Waals surface area (Å²) in [6, 6.07) is 5.44. The monoisotopic (exact) mass is 265 g/mol. The number of rotatable bonds is 5. The van der Waals surface area contributed by atoms with E-state index in [4.69, 9.17) is 4.74 Å². The first-order valence-corrected chi connectivity index (χ1v) is 7.27. The fraction of sp³-hybridized carbons (Fsp3) is 0.625. The molecule has 1 saturated carbocycles. The van der Waals surface area contributed by atoms with E-state index < -0.39 is 0 Å². The first-order chi connectivity index (χ1) is 9.20. The maximum Gasteiger partial charge on any atom is 0.129 e. The number of hydrogen-bond donors (Lipinski definition) is 1. The van der Waals surface area contributed by atoms with Crippen molar-refractivity contribution in [1.82, 2.24) is 5.32 Å². The lowest BCUT2D eigenvalue weighted by molar-refractivity contribution is 0.192. The number of ether oxygens (including phenoxy) is 1. The van der Waals surface area contributed by atoms with Crippen LogP contribution in [0.1, 0.15) is 37.7 Å². The van der Waals surface area contributed by atoms with Crippen molar-refractivity contribution < 1.29 is 9.13 Å². The van der Waals surface area contributed by atoms with Crippen LogP contribution < -0.4 is 10.1 Å². The molecule has 1 aromatic carbocycles. The van der Waals surface area contributed by atoms with Crippen molar-refractivity contribution in [1.29, 1.82) is 0 Å². The first-order valence-electron chi connectivity index (χ1n) is 7.27. The van der Waals surface area contributed by atoms with Crippen molar-refractivity contribution in [3.8, 4) is 5.75 Å². The van der Waals surface area contributed by atoms with E-state index in [0.717, 1.165) is 0 Å². The van der Waals surface area contributed by atoms with Crippen LogP contribution in [-0.2, 0) is 0 Å². The summed E-state index contributed by atoms with van der Waals surface area (Å²) >= 11 is 0. The summed E-state index contributed by atoms with van der Waals surface area (Å²) in [5.41, 5.74) is 0.657. The number of halogens is 1. The summed E-state index contributed by atoms with van der Waals surface area (Å²) in [6.07, 6.45) is 6.55. The normalized spacial score (nSPS) is 18.3. The zero-order chi connectivity index (χ0) is 13.7. The van der Waals surface area contributed by atoms with Crippen molar-refractivity contribution in [2.45, 2.75) is 45.1 Å². The molecule has 1 N–H and O–H groups in total. The Kier molecular flexibility index (Phi) is 5.20. The van der Waals surface area contributed by atoms with Gasteiger partial charge in [-0.2, -0.15) is 0 Å². The van der Waals surface area contributed by atoms with Gasteiger partial charge in [0.15, 0.2) is 0 Å². The molecule has 1 aliphatic rings. The number of aryl methyl sites for hydroxylation is 1. The van der Waals surface area contributed by atoms with E-state index in [9.17, 15) is 4.39 Å². The lowest BCUT2D eigenvalue weighted by atomic mass is 9.84. The predicted molar refractivity (Wildman–Crippen MR) is 76.1 cm³/mol. The zero-order valence-electron chi connectivity index (χ0n) is 11.9. The average Bonchev–Trinajstić information content (AvgIpc) is 2.44. The van der Waals surface area contributed by atoms with Gasteiger partial charge < -0.3 is 10.1 Å². The minimum absolute atomic E-state index is 0.198. The largest absolute Gasteiger partial charge is 0.492 e. The number of nitrogens with one attached hydrogen (secondary N) is 1. The summed E-state index contributed by atoms with van der Waals surface area (Å²) in [6.45, 7) is 2.38. The fourth-order valence-corrected chi connectivity index (χ4v) is 2.84. The van der Waals surface area contributed by atoms with Gasteiger partial charge in [-0.1, -0.05) is 25.3 Å². The third kappa shape index (κ3) is 3.93. The van der Waals surface area contributed by atoms with E-state index in [2.05, 4.69) is 5.32 Å². The van der Waals surface area contributed by atoms with Crippen LogP contribution in [0.5, 0.6) is 5.75 Å². The molecular formula is C16H24FNO. The molecule has 1 unspecified atom stereocenters. The lowest BCUT2D eigenvalue weighted by Crippen LogP contribution is -2.39. The van der Waals surface area contributed by atoms with E-state index in [-0.39, 0.29) is 5.82 Å². The summed E-state index contributed by atoms with van der Waals surface area (Å²) in [4.78, 5) is 0. The molecule has 19 heavy (non-hydrogen) atoms. The second kappa shape index (κ2) is 6.90. The van der Waals surface area contributed by atoms with E-state index in [1.165, 1.54) is 38.2 Å². The smallest absolute Gasteiger partial charge is 0.129 e. The maximum atomic E-state index is 13.4. The number of likely N-dealkylation sites (N-methyl/N-ethyl adjacent to an activating group) is 1. The summed E-state index contributed by atoms with van der Waals surface area (Å²) in [5.74, 6) is 1.12. The minimum Gasteiger partial charge on any atom is -0.492 e. The molecule has 0 amide bonds. The highest BCUT2D eigenvalue weighted by Crippen LogP contribution is 2.27. The molecule has 0 heterocycles. The fourth-order valence-electron chi connectivity index (χ4n) is 2.84. The highest BCUT2D eigenvalue weighted by molar-refractivity contribution is 5.28. The zero-order valence-corrected chi connectivity index (χ0v) is 11.9. The van der Waals surface area contributed by atoms with Gasteiger partial charge >= 0.3 is 0 Å². The molecule has 2 rings (SSSR count). The van der Waals surface area contributed by atoms with E-state index in [1.54, 1.807) is 13.0 Å². The van der Waals surface area contributed by atoms with Gasteiger partial charge in [0.25, 0.3) is 0 Å². The molecule has 1 atom stereocenters. The molecule has 0 radical (unpaired) electrons. The van der Waals surface area contributed by atoms with Gasteiger partial charge in [0.2, 0.25) is 0 Å².